The van der Waals surface area contributed by atoms with Gasteiger partial charge in [0.15, 0.2) is 0 Å². The number of hydrogen-bond acceptors (Lipinski definition) is 4. The molecule has 0 radical (unpaired) electrons. The van der Waals surface area contributed by atoms with Crippen molar-refractivity contribution in [2.24, 2.45) is 5.73 Å². The molecule has 0 aliphatic carbocycles. The maximum atomic E-state index is 5.87. The zero-order chi connectivity index (χ0) is 10.8. The monoisotopic (exact) mass is 225 g/mol. The second-order valence-electron chi connectivity index (χ2n) is 4.59. The minimum Gasteiger partial charge on any atom is -0.326 e. The van der Waals surface area contributed by atoms with Crippen LogP contribution in [0.4, 0.5) is 0 Å². The van der Waals surface area contributed by atoms with Gasteiger partial charge >= 0.3 is 0 Å². The van der Waals surface area contributed by atoms with Crippen LogP contribution >= 0.6 is 11.3 Å². The highest BCUT2D eigenvalue weighted by molar-refractivity contribution is 7.11. The van der Waals surface area contributed by atoms with Gasteiger partial charge in [-0.05, 0) is 12.3 Å². The molecule has 1 aliphatic rings. The number of thiazole rings is 1. The van der Waals surface area contributed by atoms with Crippen molar-refractivity contribution in [3.05, 3.63) is 16.1 Å². The largest absolute Gasteiger partial charge is 0.326 e. The van der Waals surface area contributed by atoms with Gasteiger partial charge in [0.25, 0.3) is 0 Å². The molecule has 1 aromatic heterocycles. The molecule has 0 amide bonds. The molecule has 1 atom stereocenters. The number of nitrogens with two attached hydrogens (primary N) is 1. The van der Waals surface area contributed by atoms with Crippen molar-refractivity contribution in [1.29, 1.82) is 0 Å². The van der Waals surface area contributed by atoms with E-state index < -0.39 is 0 Å². The van der Waals surface area contributed by atoms with Gasteiger partial charge in [-0.25, -0.2) is 4.98 Å². The Balaban J connectivity index is 1.93. The first-order chi connectivity index (χ1) is 7.15. The van der Waals surface area contributed by atoms with Gasteiger partial charge in [0, 0.05) is 30.2 Å². The lowest BCUT2D eigenvalue weighted by atomic mass is 10.2. The molecular weight excluding hydrogens is 206 g/mol. The second kappa shape index (κ2) is 4.60. The maximum Gasteiger partial charge on any atom is 0.107 e. The Hall–Kier alpha value is -0.450. The van der Waals surface area contributed by atoms with Crippen molar-refractivity contribution in [1.82, 2.24) is 9.88 Å². The van der Waals surface area contributed by atoms with Gasteiger partial charge in [-0.3, -0.25) is 4.90 Å². The summed E-state index contributed by atoms with van der Waals surface area (Å²) < 4.78 is 0. The highest BCUT2D eigenvalue weighted by Gasteiger charge is 2.20. The molecule has 2 heterocycles. The molecule has 1 saturated heterocycles. The Bertz CT molecular complexity index is 321. The van der Waals surface area contributed by atoms with Crippen molar-refractivity contribution in [3.8, 4) is 0 Å². The quantitative estimate of drug-likeness (QED) is 0.853. The maximum absolute atomic E-state index is 5.87. The highest BCUT2D eigenvalue weighted by atomic mass is 32.1. The van der Waals surface area contributed by atoms with Crippen LogP contribution in [-0.2, 0) is 6.54 Å². The Morgan fingerprint density at radius 3 is 3.00 bits per heavy atom. The van der Waals surface area contributed by atoms with Crippen LogP contribution < -0.4 is 5.73 Å². The average Bonchev–Trinajstić information content (AvgIpc) is 2.76. The fourth-order valence-electron chi connectivity index (χ4n) is 1.86. The minimum atomic E-state index is 0.370. The molecule has 1 fully saturated rings. The van der Waals surface area contributed by atoms with Crippen molar-refractivity contribution >= 4 is 11.3 Å². The summed E-state index contributed by atoms with van der Waals surface area (Å²) in [5.41, 5.74) is 5.87. The normalized spacial score (nSPS) is 22.8. The molecule has 15 heavy (non-hydrogen) atoms. The molecule has 1 aliphatic heterocycles. The standard InChI is InChI=1S/C11H19N3S/c1-8(2)10-5-13-11(15-10)7-14-4-3-9(12)6-14/h5,8-9H,3-4,6-7,12H2,1-2H3. The summed E-state index contributed by atoms with van der Waals surface area (Å²) >= 11 is 1.84. The summed E-state index contributed by atoms with van der Waals surface area (Å²) in [4.78, 5) is 8.24. The van der Waals surface area contributed by atoms with Gasteiger partial charge in [-0.1, -0.05) is 13.8 Å². The van der Waals surface area contributed by atoms with Gasteiger partial charge in [0.1, 0.15) is 5.01 Å². The lowest BCUT2D eigenvalue weighted by Crippen LogP contribution is -2.26. The molecule has 2 rings (SSSR count). The fraction of sp³-hybridized carbons (Fsp3) is 0.727. The van der Waals surface area contributed by atoms with Crippen LogP contribution in [0.25, 0.3) is 0 Å². The Kier molecular flexibility index (Phi) is 3.38. The number of rotatable bonds is 3. The SMILES string of the molecule is CC(C)c1cnc(CN2CCC(N)C2)s1. The van der Waals surface area contributed by atoms with Crippen molar-refractivity contribution in [2.75, 3.05) is 13.1 Å². The predicted molar refractivity (Wildman–Crippen MR) is 64.1 cm³/mol. The Labute approximate surface area is 95.3 Å². The smallest absolute Gasteiger partial charge is 0.107 e. The van der Waals surface area contributed by atoms with E-state index in [1.807, 2.05) is 17.5 Å². The summed E-state index contributed by atoms with van der Waals surface area (Å²) in [7, 11) is 0. The van der Waals surface area contributed by atoms with E-state index in [2.05, 4.69) is 23.7 Å². The molecule has 0 bridgehead atoms. The van der Waals surface area contributed by atoms with Gasteiger partial charge in [0.05, 0.1) is 6.54 Å². The first-order valence-electron chi connectivity index (χ1n) is 5.57. The van der Waals surface area contributed by atoms with Crippen LogP contribution in [0.15, 0.2) is 6.20 Å². The molecular formula is C11H19N3S. The second-order valence-corrected chi connectivity index (χ2v) is 5.74. The molecule has 3 nitrogen and oxygen atoms in total. The zero-order valence-electron chi connectivity index (χ0n) is 9.44. The molecule has 2 N–H and O–H groups in total. The first-order valence-corrected chi connectivity index (χ1v) is 6.39. The van der Waals surface area contributed by atoms with Crippen LogP contribution in [0.5, 0.6) is 0 Å². The molecule has 84 valence electrons. The van der Waals surface area contributed by atoms with Crippen LogP contribution in [0, 0.1) is 0 Å². The summed E-state index contributed by atoms with van der Waals surface area (Å²) in [6.45, 7) is 7.55. The van der Waals surface area contributed by atoms with Gasteiger partial charge in [-0.2, -0.15) is 0 Å². The highest BCUT2D eigenvalue weighted by Crippen LogP contribution is 2.23. The van der Waals surface area contributed by atoms with Crippen molar-refractivity contribution in [2.45, 2.75) is 38.8 Å². The number of likely N-dealkylation sites (tertiary alicyclic amines) is 1. The third-order valence-electron chi connectivity index (χ3n) is 2.81. The van der Waals surface area contributed by atoms with Gasteiger partial charge in [0.2, 0.25) is 0 Å². The fourth-order valence-corrected chi connectivity index (χ4v) is 2.83. The van der Waals surface area contributed by atoms with Crippen LogP contribution in [-0.4, -0.2) is 29.0 Å². The molecule has 0 spiro atoms. The number of hydrogen-bond donors (Lipinski definition) is 1. The minimum absolute atomic E-state index is 0.370. The Morgan fingerprint density at radius 1 is 1.67 bits per heavy atom. The van der Waals surface area contributed by atoms with E-state index in [1.54, 1.807) is 0 Å². The average molecular weight is 225 g/mol. The van der Waals surface area contributed by atoms with E-state index in [1.165, 1.54) is 9.88 Å². The molecule has 1 aromatic rings. The summed E-state index contributed by atoms with van der Waals surface area (Å²) in [6, 6.07) is 0.370. The van der Waals surface area contributed by atoms with E-state index in [-0.39, 0.29) is 0 Å². The molecule has 4 heteroatoms. The number of nitrogens with zero attached hydrogens (tertiary/aromatic N) is 2. The van der Waals surface area contributed by atoms with Gasteiger partial charge in [-0.15, -0.1) is 11.3 Å². The summed E-state index contributed by atoms with van der Waals surface area (Å²) in [5.74, 6) is 0.595. The van der Waals surface area contributed by atoms with Crippen LogP contribution in [0.3, 0.4) is 0 Å². The third-order valence-corrected chi connectivity index (χ3v) is 4.09. The molecule has 0 aromatic carbocycles. The van der Waals surface area contributed by atoms with E-state index >= 15 is 0 Å². The zero-order valence-corrected chi connectivity index (χ0v) is 10.3. The van der Waals surface area contributed by atoms with E-state index in [9.17, 15) is 0 Å². The number of aromatic nitrogens is 1. The first kappa shape index (κ1) is 11.0. The lowest BCUT2D eigenvalue weighted by molar-refractivity contribution is 0.326. The lowest BCUT2D eigenvalue weighted by Gasteiger charge is -2.12. The van der Waals surface area contributed by atoms with Gasteiger partial charge < -0.3 is 5.73 Å². The van der Waals surface area contributed by atoms with Crippen LogP contribution in [0.2, 0.25) is 0 Å². The van der Waals surface area contributed by atoms with E-state index in [4.69, 9.17) is 5.73 Å². The van der Waals surface area contributed by atoms with Crippen molar-refractivity contribution in [3.63, 3.8) is 0 Å². The topological polar surface area (TPSA) is 42.2 Å². The van der Waals surface area contributed by atoms with E-state index in [0.29, 0.717) is 12.0 Å². The summed E-state index contributed by atoms with van der Waals surface area (Å²) in [5, 5.41) is 1.23. The predicted octanol–water partition coefficient (Wildman–Crippen LogP) is 1.80. The Morgan fingerprint density at radius 2 is 2.47 bits per heavy atom. The van der Waals surface area contributed by atoms with E-state index in [0.717, 1.165) is 26.1 Å². The third kappa shape index (κ3) is 2.77. The molecule has 1 unspecified atom stereocenters. The van der Waals surface area contributed by atoms with Crippen LogP contribution in [0.1, 0.15) is 36.1 Å². The summed E-state index contributed by atoms with van der Waals surface area (Å²) in [6.07, 6.45) is 3.14. The molecule has 0 saturated carbocycles. The van der Waals surface area contributed by atoms with Crippen molar-refractivity contribution < 1.29 is 0 Å².